The van der Waals surface area contributed by atoms with E-state index in [1.54, 1.807) is 0 Å². The molecule has 1 unspecified atom stereocenters. The fourth-order valence-corrected chi connectivity index (χ4v) is 0.816. The van der Waals surface area contributed by atoms with Crippen molar-refractivity contribution >= 4 is 12.0 Å². The Labute approximate surface area is 70.8 Å². The number of primary amides is 1. The number of hydrogen-bond acceptors (Lipinski definition) is 4. The zero-order chi connectivity index (χ0) is 9.40. The minimum absolute atomic E-state index is 0.474. The highest BCUT2D eigenvalue weighted by Crippen LogP contribution is 2.02. The maximum atomic E-state index is 10.6. The number of aliphatic imine (C=N–C) groups is 1. The van der Waals surface area contributed by atoms with Crippen LogP contribution in [0.15, 0.2) is 4.99 Å². The molecule has 0 saturated carbocycles. The van der Waals surface area contributed by atoms with E-state index in [1.807, 2.05) is 0 Å². The van der Waals surface area contributed by atoms with Gasteiger partial charge in [-0.15, -0.1) is 0 Å². The first-order valence-electron chi connectivity index (χ1n) is 3.78. The molecule has 1 atom stereocenters. The zero-order valence-corrected chi connectivity index (χ0v) is 6.82. The first kappa shape index (κ1) is 10.8. The summed E-state index contributed by atoms with van der Waals surface area (Å²) in [6.45, 7) is 0.566. The van der Waals surface area contributed by atoms with Gasteiger partial charge in [0.25, 0.3) is 0 Å². The number of nitrogens with zero attached hydrogens (tertiary/aromatic N) is 1. The van der Waals surface area contributed by atoms with Crippen LogP contribution in [-0.4, -0.2) is 24.6 Å². The maximum Gasteiger partial charge on any atom is 0.243 e. The van der Waals surface area contributed by atoms with E-state index in [0.29, 0.717) is 13.0 Å². The highest BCUT2D eigenvalue weighted by atomic mass is 16.1. The van der Waals surface area contributed by atoms with Crippen LogP contribution in [0.2, 0.25) is 0 Å². The molecule has 1 amide bonds. The fourth-order valence-electron chi connectivity index (χ4n) is 0.816. The van der Waals surface area contributed by atoms with E-state index in [1.165, 1.54) is 6.08 Å². The van der Waals surface area contributed by atoms with Crippen molar-refractivity contribution in [2.75, 3.05) is 6.54 Å². The van der Waals surface area contributed by atoms with Gasteiger partial charge in [-0.25, -0.2) is 4.79 Å². The molecule has 4 N–H and O–H groups in total. The predicted octanol–water partition coefficient (Wildman–Crippen LogP) is -0.695. The molecule has 0 aliphatic carbocycles. The number of carbonyl (C=O) groups is 1. The van der Waals surface area contributed by atoms with Gasteiger partial charge in [0.15, 0.2) is 0 Å². The van der Waals surface area contributed by atoms with E-state index in [9.17, 15) is 9.59 Å². The molecular formula is C7H13N3O2. The molecule has 0 aliphatic rings. The van der Waals surface area contributed by atoms with Crippen molar-refractivity contribution in [3.8, 4) is 0 Å². The molecule has 0 saturated heterocycles. The fraction of sp³-hybridized carbons (Fsp3) is 0.714. The Morgan fingerprint density at radius 1 is 1.50 bits per heavy atom. The lowest BCUT2D eigenvalue weighted by Crippen LogP contribution is -2.26. The number of amides is 1. The lowest BCUT2D eigenvalue weighted by Gasteiger charge is -2.04. The van der Waals surface area contributed by atoms with Gasteiger partial charge in [-0.3, -0.25) is 4.79 Å². The van der Waals surface area contributed by atoms with Crippen LogP contribution in [0.4, 0.5) is 0 Å². The topological polar surface area (TPSA) is 98.5 Å². The summed E-state index contributed by atoms with van der Waals surface area (Å²) in [7, 11) is 0. The average molecular weight is 171 g/mol. The summed E-state index contributed by atoms with van der Waals surface area (Å²) in [6.07, 6.45) is 3.34. The van der Waals surface area contributed by atoms with Crippen molar-refractivity contribution in [3.63, 3.8) is 0 Å². The van der Waals surface area contributed by atoms with Gasteiger partial charge in [0.2, 0.25) is 12.0 Å². The molecule has 0 rings (SSSR count). The Hall–Kier alpha value is -1.19. The summed E-state index contributed by atoms with van der Waals surface area (Å²) < 4.78 is 0. The molecule has 0 spiro atoms. The summed E-state index contributed by atoms with van der Waals surface area (Å²) in [5, 5.41) is 0. The normalized spacial score (nSPS) is 11.8. The Morgan fingerprint density at radius 3 is 2.58 bits per heavy atom. The van der Waals surface area contributed by atoms with E-state index in [0.717, 1.165) is 12.8 Å². The van der Waals surface area contributed by atoms with Crippen LogP contribution in [0.25, 0.3) is 0 Å². The molecule has 0 heterocycles. The molecule has 0 aliphatic heterocycles. The van der Waals surface area contributed by atoms with Gasteiger partial charge in [0, 0.05) is 0 Å². The quantitative estimate of drug-likeness (QED) is 0.314. The lowest BCUT2D eigenvalue weighted by molar-refractivity contribution is -0.119. The molecule has 12 heavy (non-hydrogen) atoms. The van der Waals surface area contributed by atoms with Gasteiger partial charge in [-0.05, 0) is 25.8 Å². The molecule has 0 fully saturated rings. The first-order chi connectivity index (χ1) is 5.72. The molecular weight excluding hydrogens is 158 g/mol. The van der Waals surface area contributed by atoms with Crippen LogP contribution >= 0.6 is 0 Å². The van der Waals surface area contributed by atoms with E-state index in [2.05, 4.69) is 4.99 Å². The van der Waals surface area contributed by atoms with Gasteiger partial charge in [0.05, 0.1) is 0 Å². The molecule has 0 aromatic rings. The van der Waals surface area contributed by atoms with E-state index >= 15 is 0 Å². The Balaban J connectivity index is 3.79. The SMILES string of the molecule is NCCCCC(N=C=O)C(N)=O. The van der Waals surface area contributed by atoms with Crippen molar-refractivity contribution in [2.45, 2.75) is 25.3 Å². The zero-order valence-electron chi connectivity index (χ0n) is 6.82. The monoisotopic (exact) mass is 171 g/mol. The predicted molar refractivity (Wildman–Crippen MR) is 44.0 cm³/mol. The van der Waals surface area contributed by atoms with Gasteiger partial charge < -0.3 is 11.5 Å². The largest absolute Gasteiger partial charge is 0.368 e. The minimum Gasteiger partial charge on any atom is -0.368 e. The second-order valence-electron chi connectivity index (χ2n) is 2.42. The van der Waals surface area contributed by atoms with Crippen LogP contribution < -0.4 is 11.5 Å². The third-order valence-corrected chi connectivity index (χ3v) is 1.47. The maximum absolute atomic E-state index is 10.6. The van der Waals surface area contributed by atoms with Gasteiger partial charge in [-0.1, -0.05) is 0 Å². The minimum atomic E-state index is -0.728. The summed E-state index contributed by atoms with van der Waals surface area (Å²) in [6, 6.07) is -0.728. The Bertz CT molecular complexity index is 185. The molecule has 0 bridgehead atoms. The van der Waals surface area contributed by atoms with Crippen molar-refractivity contribution in [2.24, 2.45) is 16.5 Å². The van der Waals surface area contributed by atoms with E-state index in [-0.39, 0.29) is 0 Å². The van der Waals surface area contributed by atoms with Gasteiger partial charge in [-0.2, -0.15) is 4.99 Å². The second kappa shape index (κ2) is 6.52. The molecule has 0 radical (unpaired) electrons. The number of unbranched alkanes of at least 4 members (excludes halogenated alkanes) is 1. The molecule has 0 aromatic heterocycles. The first-order valence-corrected chi connectivity index (χ1v) is 3.78. The van der Waals surface area contributed by atoms with E-state index < -0.39 is 11.9 Å². The van der Waals surface area contributed by atoms with Gasteiger partial charge in [0.1, 0.15) is 6.04 Å². The van der Waals surface area contributed by atoms with Crippen LogP contribution in [-0.2, 0) is 9.59 Å². The third kappa shape index (κ3) is 4.60. The van der Waals surface area contributed by atoms with Crippen molar-refractivity contribution < 1.29 is 9.59 Å². The standard InChI is InChI=1S/C7H13N3O2/c8-4-2-1-3-6(7(9)12)10-5-11/h6H,1-4,8H2,(H2,9,12). The summed E-state index contributed by atoms with van der Waals surface area (Å²) in [5.74, 6) is -0.588. The molecule has 5 nitrogen and oxygen atoms in total. The highest BCUT2D eigenvalue weighted by Gasteiger charge is 2.12. The number of hydrogen-bond donors (Lipinski definition) is 2. The second-order valence-corrected chi connectivity index (χ2v) is 2.42. The van der Waals surface area contributed by atoms with Crippen LogP contribution in [0.5, 0.6) is 0 Å². The summed E-state index contributed by atoms with van der Waals surface area (Å²) in [5.41, 5.74) is 10.2. The van der Waals surface area contributed by atoms with Gasteiger partial charge >= 0.3 is 0 Å². The van der Waals surface area contributed by atoms with Crippen molar-refractivity contribution in [1.29, 1.82) is 0 Å². The number of nitrogens with two attached hydrogens (primary N) is 2. The number of rotatable bonds is 6. The van der Waals surface area contributed by atoms with Crippen molar-refractivity contribution in [1.82, 2.24) is 0 Å². The lowest BCUT2D eigenvalue weighted by atomic mass is 10.1. The Kier molecular flexibility index (Phi) is 5.87. The van der Waals surface area contributed by atoms with Crippen LogP contribution in [0.1, 0.15) is 19.3 Å². The molecule has 5 heteroatoms. The number of isocyanates is 1. The number of carbonyl (C=O) groups excluding carboxylic acids is 2. The molecule has 68 valence electrons. The summed E-state index contributed by atoms with van der Waals surface area (Å²) in [4.78, 5) is 23.7. The Morgan fingerprint density at radius 2 is 2.17 bits per heavy atom. The smallest absolute Gasteiger partial charge is 0.243 e. The highest BCUT2D eigenvalue weighted by molar-refractivity contribution is 5.80. The summed E-state index contributed by atoms with van der Waals surface area (Å²) >= 11 is 0. The van der Waals surface area contributed by atoms with Crippen LogP contribution in [0.3, 0.4) is 0 Å². The third-order valence-electron chi connectivity index (χ3n) is 1.47. The molecule has 0 aromatic carbocycles. The van der Waals surface area contributed by atoms with Crippen LogP contribution in [0, 0.1) is 0 Å². The van der Waals surface area contributed by atoms with E-state index in [4.69, 9.17) is 11.5 Å². The van der Waals surface area contributed by atoms with Crippen molar-refractivity contribution in [3.05, 3.63) is 0 Å². The average Bonchev–Trinajstić information content (AvgIpc) is 2.03.